The number of ether oxygens (including phenoxy) is 1. The van der Waals surface area contributed by atoms with Crippen molar-refractivity contribution < 1.29 is 14.3 Å². The number of hydrogen-bond donors (Lipinski definition) is 0. The molecule has 1 rings (SSSR count). The summed E-state index contributed by atoms with van der Waals surface area (Å²) in [5.41, 5.74) is 0. The highest BCUT2D eigenvalue weighted by atomic mass is 35.5. The first-order chi connectivity index (χ1) is 7.11. The lowest BCUT2D eigenvalue weighted by molar-refractivity contribution is -0.149. The van der Waals surface area contributed by atoms with Gasteiger partial charge in [-0.15, -0.1) is 0 Å². The van der Waals surface area contributed by atoms with Gasteiger partial charge in [-0.25, -0.2) is 4.79 Å². The van der Waals surface area contributed by atoms with Crippen molar-refractivity contribution in [3.63, 3.8) is 0 Å². The predicted octanol–water partition coefficient (Wildman–Crippen LogP) is 2.23. The van der Waals surface area contributed by atoms with Crippen molar-refractivity contribution in [2.24, 2.45) is 0 Å². The second kappa shape index (κ2) is 5.31. The molecule has 0 N–H and O–H groups in total. The zero-order valence-electron chi connectivity index (χ0n) is 8.79. The number of hydrogen-bond acceptors (Lipinski definition) is 3. The Bertz CT molecular complexity index is 286. The van der Waals surface area contributed by atoms with Crippen molar-refractivity contribution >= 4 is 23.4 Å². The number of Topliss-reactive ketones (excluding diaryl/α,β-unsaturated/α-hetero) is 1. The topological polar surface area (TPSA) is 43.4 Å². The number of carbonyl (C=O) groups excluding carboxylic acids is 2. The second-order valence-electron chi connectivity index (χ2n) is 3.51. The van der Waals surface area contributed by atoms with Gasteiger partial charge in [0.25, 0.3) is 0 Å². The molecule has 0 aromatic heterocycles. The third-order valence-corrected chi connectivity index (χ3v) is 2.90. The van der Waals surface area contributed by atoms with E-state index < -0.39 is 10.8 Å². The molecule has 1 atom stereocenters. The molecule has 84 valence electrons. The van der Waals surface area contributed by atoms with Gasteiger partial charge in [0.1, 0.15) is 0 Å². The van der Waals surface area contributed by atoms with Crippen molar-refractivity contribution in [1.29, 1.82) is 0 Å². The summed E-state index contributed by atoms with van der Waals surface area (Å²) in [5.74, 6) is -0.852. The van der Waals surface area contributed by atoms with Crippen LogP contribution in [-0.2, 0) is 14.3 Å². The summed E-state index contributed by atoms with van der Waals surface area (Å²) in [6.45, 7) is 1.94. The summed E-state index contributed by atoms with van der Waals surface area (Å²) >= 11 is 6.06. The molecule has 0 aromatic carbocycles. The lowest BCUT2D eigenvalue weighted by Crippen LogP contribution is -2.42. The monoisotopic (exact) mass is 230 g/mol. The molecule has 15 heavy (non-hydrogen) atoms. The maximum Gasteiger partial charge on any atom is 0.335 e. The standard InChI is InChI=1S/C11H15ClO3/c1-2-15-10(14)11(12)8-6-4-3-5-7-9(11)13/h4,6H,2-3,5,7-8H2,1H3/b6-4-. The van der Waals surface area contributed by atoms with Crippen molar-refractivity contribution in [2.45, 2.75) is 37.5 Å². The normalized spacial score (nSPS) is 29.1. The Labute approximate surface area is 94.4 Å². The average molecular weight is 231 g/mol. The maximum atomic E-state index is 11.7. The van der Waals surface area contributed by atoms with Gasteiger partial charge in [-0.05, 0) is 19.8 Å². The van der Waals surface area contributed by atoms with E-state index in [1.54, 1.807) is 13.0 Å². The van der Waals surface area contributed by atoms with Gasteiger partial charge in [0.2, 0.25) is 4.87 Å². The van der Waals surface area contributed by atoms with Crippen LogP contribution in [0.25, 0.3) is 0 Å². The predicted molar refractivity (Wildman–Crippen MR) is 57.8 cm³/mol. The van der Waals surface area contributed by atoms with E-state index in [0.29, 0.717) is 6.42 Å². The average Bonchev–Trinajstić information content (AvgIpc) is 2.20. The van der Waals surface area contributed by atoms with E-state index in [1.807, 2.05) is 6.08 Å². The van der Waals surface area contributed by atoms with Crippen LogP contribution in [0, 0.1) is 0 Å². The molecular formula is C11H15ClO3. The Hall–Kier alpha value is -0.830. The third kappa shape index (κ3) is 2.81. The van der Waals surface area contributed by atoms with E-state index in [4.69, 9.17) is 16.3 Å². The molecule has 1 unspecified atom stereocenters. The van der Waals surface area contributed by atoms with Crippen molar-refractivity contribution in [3.05, 3.63) is 12.2 Å². The van der Waals surface area contributed by atoms with Crippen LogP contribution >= 0.6 is 11.6 Å². The van der Waals surface area contributed by atoms with Crippen LogP contribution in [0.5, 0.6) is 0 Å². The fraction of sp³-hybridized carbons (Fsp3) is 0.636. The van der Waals surface area contributed by atoms with Gasteiger partial charge in [-0.3, -0.25) is 4.79 Å². The SMILES string of the molecule is CCOC(=O)C1(Cl)C/C=C\CCCC1=O. The van der Waals surface area contributed by atoms with Crippen LogP contribution in [0.2, 0.25) is 0 Å². The Morgan fingerprint density at radius 1 is 1.60 bits per heavy atom. The number of carbonyl (C=O) groups is 2. The lowest BCUT2D eigenvalue weighted by atomic mass is 9.92. The Kier molecular flexibility index (Phi) is 4.33. The first-order valence-corrected chi connectivity index (χ1v) is 5.53. The highest BCUT2D eigenvalue weighted by Gasteiger charge is 2.43. The zero-order valence-corrected chi connectivity index (χ0v) is 9.55. The van der Waals surface area contributed by atoms with Crippen LogP contribution in [-0.4, -0.2) is 23.2 Å². The molecule has 0 spiro atoms. The number of rotatable bonds is 2. The molecule has 0 fully saturated rings. The second-order valence-corrected chi connectivity index (χ2v) is 4.16. The fourth-order valence-electron chi connectivity index (χ4n) is 1.50. The van der Waals surface area contributed by atoms with E-state index >= 15 is 0 Å². The minimum atomic E-state index is -1.49. The van der Waals surface area contributed by atoms with E-state index in [2.05, 4.69) is 0 Å². The van der Waals surface area contributed by atoms with E-state index in [0.717, 1.165) is 12.8 Å². The van der Waals surface area contributed by atoms with E-state index in [-0.39, 0.29) is 18.8 Å². The third-order valence-electron chi connectivity index (χ3n) is 2.38. The van der Waals surface area contributed by atoms with E-state index in [1.165, 1.54) is 0 Å². The van der Waals surface area contributed by atoms with Gasteiger partial charge in [-0.2, -0.15) is 0 Å². The van der Waals surface area contributed by atoms with Crippen molar-refractivity contribution in [1.82, 2.24) is 0 Å². The Morgan fingerprint density at radius 2 is 2.33 bits per heavy atom. The van der Waals surface area contributed by atoms with Crippen LogP contribution in [0.4, 0.5) is 0 Å². The minimum Gasteiger partial charge on any atom is -0.464 e. The molecule has 0 bridgehead atoms. The number of halogens is 1. The Balaban J connectivity index is 2.84. The van der Waals surface area contributed by atoms with Gasteiger partial charge in [0.15, 0.2) is 5.78 Å². The van der Waals surface area contributed by atoms with Gasteiger partial charge < -0.3 is 4.74 Å². The minimum absolute atomic E-state index is 0.228. The van der Waals surface area contributed by atoms with Crippen LogP contribution in [0.15, 0.2) is 12.2 Å². The fourth-order valence-corrected chi connectivity index (χ4v) is 1.74. The van der Waals surface area contributed by atoms with Gasteiger partial charge in [0.05, 0.1) is 6.61 Å². The van der Waals surface area contributed by atoms with Crippen LogP contribution in [0.1, 0.15) is 32.6 Å². The first kappa shape index (κ1) is 12.2. The molecule has 4 heteroatoms. The molecule has 0 aromatic rings. The molecule has 1 aliphatic carbocycles. The van der Waals surface area contributed by atoms with Crippen LogP contribution in [0.3, 0.4) is 0 Å². The number of alkyl halides is 1. The molecular weight excluding hydrogens is 216 g/mol. The molecule has 0 heterocycles. The summed E-state index contributed by atoms with van der Waals surface area (Å²) in [5, 5.41) is 0. The Morgan fingerprint density at radius 3 is 3.00 bits per heavy atom. The molecule has 0 saturated carbocycles. The maximum absolute atomic E-state index is 11.7. The van der Waals surface area contributed by atoms with E-state index in [9.17, 15) is 9.59 Å². The van der Waals surface area contributed by atoms with Crippen LogP contribution < -0.4 is 0 Å². The molecule has 0 saturated heterocycles. The molecule has 1 aliphatic rings. The largest absolute Gasteiger partial charge is 0.464 e. The zero-order chi connectivity index (χ0) is 11.3. The van der Waals surface area contributed by atoms with Gasteiger partial charge in [0, 0.05) is 12.8 Å². The summed E-state index contributed by atoms with van der Waals surface area (Å²) in [4.78, 5) is 21.8. The first-order valence-electron chi connectivity index (χ1n) is 5.15. The smallest absolute Gasteiger partial charge is 0.335 e. The highest BCUT2D eigenvalue weighted by molar-refractivity contribution is 6.45. The summed E-state index contributed by atoms with van der Waals surface area (Å²) in [6, 6.07) is 0. The molecule has 0 amide bonds. The van der Waals surface area contributed by atoms with Gasteiger partial charge >= 0.3 is 5.97 Å². The number of ketones is 1. The summed E-state index contributed by atoms with van der Waals surface area (Å²) in [6.07, 6.45) is 5.90. The number of esters is 1. The van der Waals surface area contributed by atoms with Gasteiger partial charge in [-0.1, -0.05) is 23.8 Å². The summed E-state index contributed by atoms with van der Waals surface area (Å²) < 4.78 is 4.83. The lowest BCUT2D eigenvalue weighted by Gasteiger charge is -2.23. The molecule has 3 nitrogen and oxygen atoms in total. The highest BCUT2D eigenvalue weighted by Crippen LogP contribution is 2.28. The quantitative estimate of drug-likeness (QED) is 0.316. The molecule has 0 radical (unpaired) electrons. The summed E-state index contributed by atoms with van der Waals surface area (Å²) in [7, 11) is 0. The van der Waals surface area contributed by atoms with Crippen molar-refractivity contribution in [2.75, 3.05) is 6.61 Å². The number of allylic oxidation sites excluding steroid dienone is 2. The van der Waals surface area contributed by atoms with Crippen molar-refractivity contribution in [3.8, 4) is 0 Å². The molecule has 0 aliphatic heterocycles.